The number of halogens is 4. The number of hydrazine groups is 1. The van der Waals surface area contributed by atoms with Crippen LogP contribution in [0.2, 0.25) is 5.02 Å². The van der Waals surface area contributed by atoms with E-state index in [1.165, 1.54) is 13.8 Å². The van der Waals surface area contributed by atoms with Gasteiger partial charge >= 0.3 is 6.18 Å². The van der Waals surface area contributed by atoms with Crippen molar-refractivity contribution in [3.05, 3.63) is 28.8 Å². The molecule has 3 N–H and O–H groups in total. The van der Waals surface area contributed by atoms with Crippen LogP contribution in [0.3, 0.4) is 0 Å². The fourth-order valence-corrected chi connectivity index (χ4v) is 1.47. The number of rotatable bonds is 3. The van der Waals surface area contributed by atoms with E-state index in [4.69, 9.17) is 22.2 Å². The summed E-state index contributed by atoms with van der Waals surface area (Å²) in [7, 11) is 0. The Balaban J connectivity index is 3.02. The average Bonchev–Trinajstić information content (AvgIpc) is 2.29. The van der Waals surface area contributed by atoms with Gasteiger partial charge in [0.1, 0.15) is 5.75 Å². The van der Waals surface area contributed by atoms with Crippen LogP contribution in [0.1, 0.15) is 19.4 Å². The number of ether oxygens (including phenoxy) is 1. The van der Waals surface area contributed by atoms with Crippen molar-refractivity contribution in [3.63, 3.8) is 0 Å². The van der Waals surface area contributed by atoms with Gasteiger partial charge in [-0.3, -0.25) is 10.2 Å². The Bertz CT molecular complexity index is 489. The minimum absolute atomic E-state index is 0.0386. The number of benzene rings is 1. The second-order valence-corrected chi connectivity index (χ2v) is 4.64. The maximum absolute atomic E-state index is 12.4. The van der Waals surface area contributed by atoms with Gasteiger partial charge in [0.2, 0.25) is 0 Å². The maximum Gasteiger partial charge on any atom is 0.416 e. The summed E-state index contributed by atoms with van der Waals surface area (Å²) in [5, 5.41) is -0.243. The third-order valence-electron chi connectivity index (χ3n) is 2.30. The van der Waals surface area contributed by atoms with Crippen LogP contribution in [0.25, 0.3) is 0 Å². The summed E-state index contributed by atoms with van der Waals surface area (Å²) in [6.45, 7) is 2.81. The Hall–Kier alpha value is -1.47. The predicted molar refractivity (Wildman–Crippen MR) is 63.5 cm³/mol. The summed E-state index contributed by atoms with van der Waals surface area (Å²) < 4.78 is 42.6. The molecule has 8 heteroatoms. The Morgan fingerprint density at radius 1 is 1.37 bits per heavy atom. The standard InChI is InChI=1S/C11H12ClF3N2O2/c1-10(2,9(18)17-16)19-8-4-3-6(5-7(8)12)11(13,14)15/h3-5H,16H2,1-2H3,(H,17,18). The molecular weight excluding hydrogens is 285 g/mol. The van der Waals surface area contributed by atoms with E-state index in [1.807, 2.05) is 5.43 Å². The van der Waals surface area contributed by atoms with Gasteiger partial charge in [0.05, 0.1) is 10.6 Å². The van der Waals surface area contributed by atoms with E-state index >= 15 is 0 Å². The van der Waals surface area contributed by atoms with Crippen LogP contribution >= 0.6 is 11.6 Å². The zero-order valence-corrected chi connectivity index (χ0v) is 10.9. The van der Waals surface area contributed by atoms with Crippen LogP contribution in [0.4, 0.5) is 13.2 Å². The molecule has 0 unspecified atom stereocenters. The van der Waals surface area contributed by atoms with Crippen LogP contribution in [-0.2, 0) is 11.0 Å². The SMILES string of the molecule is CC(C)(Oc1ccc(C(F)(F)F)cc1Cl)C(=O)NN. The largest absolute Gasteiger partial charge is 0.476 e. The van der Waals surface area contributed by atoms with Crippen molar-refractivity contribution < 1.29 is 22.7 Å². The summed E-state index contributed by atoms with van der Waals surface area (Å²) in [5.41, 5.74) is -0.367. The molecule has 0 saturated carbocycles. The molecule has 0 saturated heterocycles. The number of amides is 1. The summed E-state index contributed by atoms with van der Waals surface area (Å²) >= 11 is 5.70. The van der Waals surface area contributed by atoms with Gasteiger partial charge in [0, 0.05) is 0 Å². The zero-order chi connectivity index (χ0) is 14.8. The van der Waals surface area contributed by atoms with Crippen molar-refractivity contribution in [3.8, 4) is 5.75 Å². The lowest BCUT2D eigenvalue weighted by Crippen LogP contribution is -2.49. The molecule has 0 aliphatic carbocycles. The molecule has 0 aliphatic rings. The highest BCUT2D eigenvalue weighted by Gasteiger charge is 2.33. The minimum atomic E-state index is -4.49. The maximum atomic E-state index is 12.4. The molecule has 0 spiro atoms. The van der Waals surface area contributed by atoms with Gasteiger partial charge in [-0.25, -0.2) is 5.84 Å². The van der Waals surface area contributed by atoms with Crippen molar-refractivity contribution in [2.24, 2.45) is 5.84 Å². The second-order valence-electron chi connectivity index (χ2n) is 4.23. The smallest absolute Gasteiger partial charge is 0.416 e. The number of nitrogens with one attached hydrogen (secondary N) is 1. The van der Waals surface area contributed by atoms with Crippen LogP contribution in [-0.4, -0.2) is 11.5 Å². The molecular formula is C11H12ClF3N2O2. The molecule has 0 radical (unpaired) electrons. The number of hydrogen-bond acceptors (Lipinski definition) is 3. The molecule has 0 atom stereocenters. The lowest BCUT2D eigenvalue weighted by molar-refractivity contribution is -0.138. The van der Waals surface area contributed by atoms with Crippen molar-refractivity contribution in [2.75, 3.05) is 0 Å². The van der Waals surface area contributed by atoms with Crippen LogP contribution in [0.15, 0.2) is 18.2 Å². The normalized spacial score (nSPS) is 12.2. The molecule has 1 amide bonds. The molecule has 106 valence electrons. The molecule has 1 aromatic rings. The first-order valence-corrected chi connectivity index (χ1v) is 5.52. The second kappa shape index (κ2) is 5.26. The Morgan fingerprint density at radius 3 is 2.37 bits per heavy atom. The lowest BCUT2D eigenvalue weighted by atomic mass is 10.1. The van der Waals surface area contributed by atoms with E-state index in [-0.39, 0.29) is 10.8 Å². The van der Waals surface area contributed by atoms with Crippen molar-refractivity contribution in [1.82, 2.24) is 5.43 Å². The fourth-order valence-electron chi connectivity index (χ4n) is 1.25. The van der Waals surface area contributed by atoms with Crippen LogP contribution in [0.5, 0.6) is 5.75 Å². The van der Waals surface area contributed by atoms with Crippen molar-refractivity contribution in [2.45, 2.75) is 25.6 Å². The molecule has 0 aliphatic heterocycles. The Morgan fingerprint density at radius 2 is 1.95 bits per heavy atom. The summed E-state index contributed by atoms with van der Waals surface area (Å²) in [5.74, 6) is 4.30. The number of nitrogens with two attached hydrogens (primary N) is 1. The molecule has 0 aromatic heterocycles. The zero-order valence-electron chi connectivity index (χ0n) is 10.1. The van der Waals surface area contributed by atoms with Gasteiger partial charge in [0.15, 0.2) is 5.60 Å². The fraction of sp³-hybridized carbons (Fsp3) is 0.364. The molecule has 0 fully saturated rings. The third-order valence-corrected chi connectivity index (χ3v) is 2.60. The molecule has 19 heavy (non-hydrogen) atoms. The van der Waals surface area contributed by atoms with E-state index in [9.17, 15) is 18.0 Å². The molecule has 4 nitrogen and oxygen atoms in total. The van der Waals surface area contributed by atoms with Gasteiger partial charge in [0.25, 0.3) is 5.91 Å². The number of carbonyl (C=O) groups is 1. The summed E-state index contributed by atoms with van der Waals surface area (Å²) in [4.78, 5) is 11.4. The Kier molecular flexibility index (Phi) is 4.32. The highest BCUT2D eigenvalue weighted by molar-refractivity contribution is 6.32. The number of alkyl halides is 3. The molecule has 1 rings (SSSR count). The number of hydrogen-bond donors (Lipinski definition) is 2. The van der Waals surface area contributed by atoms with E-state index in [0.29, 0.717) is 0 Å². The topological polar surface area (TPSA) is 64.3 Å². The first-order chi connectivity index (χ1) is 8.58. The first kappa shape index (κ1) is 15.6. The first-order valence-electron chi connectivity index (χ1n) is 5.15. The van der Waals surface area contributed by atoms with E-state index in [0.717, 1.165) is 18.2 Å². The highest BCUT2D eigenvalue weighted by atomic mass is 35.5. The van der Waals surface area contributed by atoms with E-state index in [2.05, 4.69) is 0 Å². The van der Waals surface area contributed by atoms with Crippen molar-refractivity contribution >= 4 is 17.5 Å². The predicted octanol–water partition coefficient (Wildman–Crippen LogP) is 2.51. The van der Waals surface area contributed by atoms with Gasteiger partial charge < -0.3 is 4.74 Å². The summed E-state index contributed by atoms with van der Waals surface area (Å²) in [6.07, 6.45) is -4.49. The monoisotopic (exact) mass is 296 g/mol. The third kappa shape index (κ3) is 3.74. The average molecular weight is 297 g/mol. The Labute approximate surface area is 112 Å². The molecule has 0 bridgehead atoms. The van der Waals surface area contributed by atoms with E-state index < -0.39 is 23.2 Å². The molecule has 0 heterocycles. The molecule has 1 aromatic carbocycles. The van der Waals surface area contributed by atoms with Crippen LogP contribution < -0.4 is 16.0 Å². The number of carbonyl (C=O) groups excluding carboxylic acids is 1. The quantitative estimate of drug-likeness (QED) is 0.512. The van der Waals surface area contributed by atoms with Crippen LogP contribution in [0, 0.1) is 0 Å². The summed E-state index contributed by atoms with van der Waals surface area (Å²) in [6, 6.07) is 2.60. The lowest BCUT2D eigenvalue weighted by Gasteiger charge is -2.25. The van der Waals surface area contributed by atoms with Gasteiger partial charge in [-0.1, -0.05) is 11.6 Å². The minimum Gasteiger partial charge on any atom is -0.476 e. The van der Waals surface area contributed by atoms with Gasteiger partial charge in [-0.15, -0.1) is 0 Å². The van der Waals surface area contributed by atoms with Gasteiger partial charge in [-0.05, 0) is 32.0 Å². The van der Waals surface area contributed by atoms with Gasteiger partial charge in [-0.2, -0.15) is 13.2 Å². The highest BCUT2D eigenvalue weighted by Crippen LogP contribution is 2.35. The van der Waals surface area contributed by atoms with E-state index in [1.54, 1.807) is 0 Å². The van der Waals surface area contributed by atoms with Crippen molar-refractivity contribution in [1.29, 1.82) is 0 Å².